The quantitative estimate of drug-likeness (QED) is 0.830. The van der Waals surface area contributed by atoms with Gasteiger partial charge in [-0.2, -0.15) is 0 Å². The lowest BCUT2D eigenvalue weighted by Gasteiger charge is -2.09. The minimum atomic E-state index is -0.241. The second kappa shape index (κ2) is 7.38. The zero-order valence-corrected chi connectivity index (χ0v) is 13.4. The van der Waals surface area contributed by atoms with Crippen molar-refractivity contribution in [1.29, 1.82) is 0 Å². The molecule has 2 aromatic carbocycles. The Morgan fingerprint density at radius 3 is 2.57 bits per heavy atom. The first kappa shape index (κ1) is 15.7. The van der Waals surface area contributed by atoms with Gasteiger partial charge in [0.25, 0.3) is 5.91 Å². The Balaban J connectivity index is 1.89. The van der Waals surface area contributed by atoms with Crippen molar-refractivity contribution >= 4 is 35.0 Å². The van der Waals surface area contributed by atoms with Crippen LogP contribution in [0, 0.1) is 6.92 Å². The summed E-state index contributed by atoms with van der Waals surface area (Å²) in [6.45, 7) is 1.89. The minimum absolute atomic E-state index is 0.0528. The smallest absolute Gasteiger partial charge is 0.262 e. The van der Waals surface area contributed by atoms with E-state index in [1.165, 1.54) is 0 Å². The molecule has 2 rings (SSSR count). The molecule has 0 spiro atoms. The van der Waals surface area contributed by atoms with E-state index in [9.17, 15) is 4.79 Å². The number of carbonyl (C=O) groups excluding carboxylic acids is 1. The SMILES string of the molecule is CSc1ccc(OCC(=O)Nc2ccc(C)cc2Cl)cc1. The van der Waals surface area contributed by atoms with Crippen molar-refractivity contribution in [2.45, 2.75) is 11.8 Å². The van der Waals surface area contributed by atoms with Crippen molar-refractivity contribution in [3.63, 3.8) is 0 Å². The van der Waals surface area contributed by atoms with Crippen LogP contribution in [0.1, 0.15) is 5.56 Å². The molecule has 1 N–H and O–H groups in total. The van der Waals surface area contributed by atoms with Gasteiger partial charge in [0.2, 0.25) is 0 Å². The van der Waals surface area contributed by atoms with Crippen LogP contribution >= 0.6 is 23.4 Å². The Kier molecular flexibility index (Phi) is 5.53. The molecule has 1 amide bonds. The molecule has 2 aromatic rings. The number of anilines is 1. The van der Waals surface area contributed by atoms with Gasteiger partial charge in [0.1, 0.15) is 5.75 Å². The molecule has 0 fully saturated rings. The summed E-state index contributed by atoms with van der Waals surface area (Å²) in [5.41, 5.74) is 1.64. The van der Waals surface area contributed by atoms with Gasteiger partial charge >= 0.3 is 0 Å². The molecule has 0 atom stereocenters. The molecule has 0 radical (unpaired) electrons. The Hall–Kier alpha value is -1.65. The van der Waals surface area contributed by atoms with Crippen molar-refractivity contribution in [1.82, 2.24) is 0 Å². The molecule has 0 saturated heterocycles. The number of amides is 1. The van der Waals surface area contributed by atoms with E-state index in [1.807, 2.05) is 43.5 Å². The molecule has 5 heteroatoms. The highest BCUT2D eigenvalue weighted by atomic mass is 35.5. The molecule has 0 aromatic heterocycles. The summed E-state index contributed by atoms with van der Waals surface area (Å²) < 4.78 is 5.44. The monoisotopic (exact) mass is 321 g/mol. The second-order valence-electron chi connectivity index (χ2n) is 4.50. The number of ether oxygens (including phenoxy) is 1. The fraction of sp³-hybridized carbons (Fsp3) is 0.188. The highest BCUT2D eigenvalue weighted by Crippen LogP contribution is 2.23. The topological polar surface area (TPSA) is 38.3 Å². The number of benzene rings is 2. The van der Waals surface area contributed by atoms with Crippen LogP contribution in [-0.4, -0.2) is 18.8 Å². The lowest BCUT2D eigenvalue weighted by atomic mass is 10.2. The highest BCUT2D eigenvalue weighted by molar-refractivity contribution is 7.98. The van der Waals surface area contributed by atoms with Crippen LogP contribution in [0.25, 0.3) is 0 Å². The fourth-order valence-electron chi connectivity index (χ4n) is 1.73. The lowest BCUT2D eigenvalue weighted by Crippen LogP contribution is -2.20. The Labute approximate surface area is 133 Å². The van der Waals surface area contributed by atoms with E-state index in [0.717, 1.165) is 10.5 Å². The van der Waals surface area contributed by atoms with Gasteiger partial charge in [-0.1, -0.05) is 17.7 Å². The third-order valence-corrected chi connectivity index (χ3v) is 3.88. The van der Waals surface area contributed by atoms with E-state index in [1.54, 1.807) is 23.9 Å². The molecule has 110 valence electrons. The zero-order chi connectivity index (χ0) is 15.2. The average Bonchev–Trinajstić information content (AvgIpc) is 2.48. The van der Waals surface area contributed by atoms with E-state index in [2.05, 4.69) is 5.32 Å². The summed E-state index contributed by atoms with van der Waals surface area (Å²) in [6, 6.07) is 13.1. The molecule has 0 bridgehead atoms. The maximum absolute atomic E-state index is 11.8. The Morgan fingerprint density at radius 1 is 1.24 bits per heavy atom. The van der Waals surface area contributed by atoms with Gasteiger partial charge in [-0.3, -0.25) is 4.79 Å². The van der Waals surface area contributed by atoms with E-state index >= 15 is 0 Å². The lowest BCUT2D eigenvalue weighted by molar-refractivity contribution is -0.118. The van der Waals surface area contributed by atoms with Crippen LogP contribution in [0.3, 0.4) is 0 Å². The summed E-state index contributed by atoms with van der Waals surface area (Å²) in [4.78, 5) is 13.0. The van der Waals surface area contributed by atoms with Gasteiger partial charge in [-0.05, 0) is 55.1 Å². The van der Waals surface area contributed by atoms with E-state index in [0.29, 0.717) is 16.5 Å². The van der Waals surface area contributed by atoms with Crippen LogP contribution in [0.5, 0.6) is 5.75 Å². The fourth-order valence-corrected chi connectivity index (χ4v) is 2.42. The van der Waals surface area contributed by atoms with Crippen LogP contribution in [0.2, 0.25) is 5.02 Å². The summed E-state index contributed by atoms with van der Waals surface area (Å²) in [6.07, 6.45) is 2.01. The van der Waals surface area contributed by atoms with Crippen LogP contribution in [-0.2, 0) is 4.79 Å². The third kappa shape index (κ3) is 4.69. The standard InChI is InChI=1S/C16H16ClNO2S/c1-11-3-8-15(14(17)9-11)18-16(19)10-20-12-4-6-13(21-2)7-5-12/h3-9H,10H2,1-2H3,(H,18,19). The van der Waals surface area contributed by atoms with Gasteiger partial charge in [-0.15, -0.1) is 11.8 Å². The Bertz CT molecular complexity index is 629. The first-order valence-electron chi connectivity index (χ1n) is 6.41. The summed E-state index contributed by atoms with van der Waals surface area (Å²) in [5.74, 6) is 0.424. The van der Waals surface area contributed by atoms with Crippen molar-refractivity contribution in [3.8, 4) is 5.75 Å². The largest absolute Gasteiger partial charge is 0.484 e. The molecule has 0 heterocycles. The summed E-state index contributed by atoms with van der Waals surface area (Å²) in [7, 11) is 0. The second-order valence-corrected chi connectivity index (χ2v) is 5.78. The van der Waals surface area contributed by atoms with E-state index < -0.39 is 0 Å². The predicted octanol–water partition coefficient (Wildman–Crippen LogP) is 4.39. The predicted molar refractivity (Wildman–Crippen MR) is 88.5 cm³/mol. The number of thioether (sulfide) groups is 1. The normalized spacial score (nSPS) is 10.2. The first-order valence-corrected chi connectivity index (χ1v) is 8.01. The summed E-state index contributed by atoms with van der Waals surface area (Å²) >= 11 is 7.72. The number of halogens is 1. The number of carbonyl (C=O) groups is 1. The van der Waals surface area contributed by atoms with Gasteiger partial charge in [0, 0.05) is 4.90 Å². The van der Waals surface area contributed by atoms with Gasteiger partial charge in [0.15, 0.2) is 6.61 Å². The molecule has 0 aliphatic carbocycles. The summed E-state index contributed by atoms with van der Waals surface area (Å²) in [5, 5.41) is 3.25. The molecule has 0 saturated carbocycles. The van der Waals surface area contributed by atoms with Gasteiger partial charge in [-0.25, -0.2) is 0 Å². The van der Waals surface area contributed by atoms with E-state index in [4.69, 9.17) is 16.3 Å². The maximum Gasteiger partial charge on any atom is 0.262 e. The van der Waals surface area contributed by atoms with Crippen LogP contribution < -0.4 is 10.1 Å². The minimum Gasteiger partial charge on any atom is -0.484 e. The van der Waals surface area contributed by atoms with Crippen molar-refractivity contribution in [2.24, 2.45) is 0 Å². The number of rotatable bonds is 5. The average molecular weight is 322 g/mol. The first-order chi connectivity index (χ1) is 10.1. The Morgan fingerprint density at radius 2 is 1.95 bits per heavy atom. The van der Waals surface area contributed by atoms with E-state index in [-0.39, 0.29) is 12.5 Å². The number of hydrogen-bond donors (Lipinski definition) is 1. The third-order valence-electron chi connectivity index (χ3n) is 2.83. The highest BCUT2D eigenvalue weighted by Gasteiger charge is 2.07. The van der Waals surface area contributed by atoms with Crippen molar-refractivity contribution in [3.05, 3.63) is 53.1 Å². The van der Waals surface area contributed by atoms with Crippen molar-refractivity contribution in [2.75, 3.05) is 18.2 Å². The van der Waals surface area contributed by atoms with Crippen molar-refractivity contribution < 1.29 is 9.53 Å². The molecule has 21 heavy (non-hydrogen) atoms. The number of aryl methyl sites for hydroxylation is 1. The zero-order valence-electron chi connectivity index (χ0n) is 11.9. The van der Waals surface area contributed by atoms with Crippen LogP contribution in [0.15, 0.2) is 47.4 Å². The van der Waals surface area contributed by atoms with Crippen LogP contribution in [0.4, 0.5) is 5.69 Å². The molecular weight excluding hydrogens is 306 g/mol. The molecule has 0 unspecified atom stereocenters. The molecule has 0 aliphatic rings. The maximum atomic E-state index is 11.8. The number of nitrogens with one attached hydrogen (secondary N) is 1. The molecule has 3 nitrogen and oxygen atoms in total. The van der Waals surface area contributed by atoms with Gasteiger partial charge < -0.3 is 10.1 Å². The number of hydrogen-bond acceptors (Lipinski definition) is 3. The van der Waals surface area contributed by atoms with Gasteiger partial charge in [0.05, 0.1) is 10.7 Å². The molecule has 0 aliphatic heterocycles. The molecular formula is C16H16ClNO2S.